The van der Waals surface area contributed by atoms with Crippen LogP contribution in [-0.2, 0) is 11.3 Å². The number of rotatable bonds is 6. The molecule has 0 aliphatic rings. The van der Waals surface area contributed by atoms with E-state index in [1.165, 1.54) is 12.1 Å². The second-order valence-corrected chi connectivity index (χ2v) is 6.68. The topological polar surface area (TPSA) is 77.0 Å². The van der Waals surface area contributed by atoms with E-state index in [-0.39, 0.29) is 18.2 Å². The lowest BCUT2D eigenvalue weighted by Gasteiger charge is -2.22. The molecule has 0 heterocycles. The van der Waals surface area contributed by atoms with Crippen molar-refractivity contribution in [2.24, 2.45) is 4.99 Å². The van der Waals surface area contributed by atoms with Gasteiger partial charge < -0.3 is 20.6 Å². The van der Waals surface area contributed by atoms with Crippen LogP contribution in [0, 0.1) is 0 Å². The molecular formula is C19H22Cl2N4O2. The molecular weight excluding hydrogens is 387 g/mol. The molecule has 0 atom stereocenters. The van der Waals surface area contributed by atoms with Crippen LogP contribution in [0.1, 0.15) is 12.5 Å². The first kappa shape index (κ1) is 20.9. The van der Waals surface area contributed by atoms with E-state index in [1.807, 2.05) is 31.0 Å². The molecule has 2 rings (SSSR count). The van der Waals surface area contributed by atoms with Crippen molar-refractivity contribution in [3.8, 4) is 5.75 Å². The maximum atomic E-state index is 12.1. The van der Waals surface area contributed by atoms with E-state index in [0.29, 0.717) is 34.8 Å². The average Bonchev–Trinajstić information content (AvgIpc) is 2.63. The molecule has 2 aromatic rings. The molecule has 0 saturated heterocycles. The Morgan fingerprint density at radius 1 is 1.15 bits per heavy atom. The van der Waals surface area contributed by atoms with E-state index in [0.717, 1.165) is 5.56 Å². The molecule has 0 bridgehead atoms. The Hall–Kier alpha value is -2.44. The number of guanidine groups is 1. The van der Waals surface area contributed by atoms with Gasteiger partial charge in [-0.3, -0.25) is 4.79 Å². The highest BCUT2D eigenvalue weighted by Gasteiger charge is 2.09. The first-order chi connectivity index (χ1) is 12.9. The SMILES string of the molecule is CCNC(=NCC(=O)Nc1ccc(O)cc1)N(C)Cc1ccc(Cl)c(Cl)c1. The fourth-order valence-corrected chi connectivity index (χ4v) is 2.67. The van der Waals surface area contributed by atoms with Crippen LogP contribution in [-0.4, -0.2) is 42.0 Å². The predicted molar refractivity (Wildman–Crippen MR) is 111 cm³/mol. The summed E-state index contributed by atoms with van der Waals surface area (Å²) < 4.78 is 0. The zero-order valence-corrected chi connectivity index (χ0v) is 16.7. The molecule has 6 nitrogen and oxygen atoms in total. The molecule has 0 aliphatic heterocycles. The number of aliphatic imine (C=N–C) groups is 1. The maximum Gasteiger partial charge on any atom is 0.246 e. The molecule has 0 fully saturated rings. The Morgan fingerprint density at radius 2 is 1.85 bits per heavy atom. The fraction of sp³-hybridized carbons (Fsp3) is 0.263. The number of amides is 1. The zero-order chi connectivity index (χ0) is 19.8. The molecule has 2 aromatic carbocycles. The molecule has 0 saturated carbocycles. The summed E-state index contributed by atoms with van der Waals surface area (Å²) in [4.78, 5) is 18.4. The summed E-state index contributed by atoms with van der Waals surface area (Å²) in [6.07, 6.45) is 0. The molecule has 27 heavy (non-hydrogen) atoms. The van der Waals surface area contributed by atoms with Crippen LogP contribution in [0.5, 0.6) is 5.75 Å². The Labute approximate surface area is 168 Å². The molecule has 0 aliphatic carbocycles. The average molecular weight is 409 g/mol. The second-order valence-electron chi connectivity index (χ2n) is 5.87. The number of nitrogens with one attached hydrogen (secondary N) is 2. The first-order valence-corrected chi connectivity index (χ1v) is 9.17. The number of aromatic hydroxyl groups is 1. The number of anilines is 1. The van der Waals surface area contributed by atoms with Gasteiger partial charge in [0.25, 0.3) is 0 Å². The summed E-state index contributed by atoms with van der Waals surface area (Å²) >= 11 is 12.0. The zero-order valence-electron chi connectivity index (χ0n) is 15.2. The van der Waals surface area contributed by atoms with E-state index < -0.39 is 0 Å². The predicted octanol–water partition coefficient (Wildman–Crippen LogP) is 3.74. The number of phenolic OH excluding ortho intramolecular Hbond substituents is 1. The van der Waals surface area contributed by atoms with Gasteiger partial charge in [0.1, 0.15) is 12.3 Å². The van der Waals surface area contributed by atoms with Crippen molar-refractivity contribution in [2.75, 3.05) is 25.5 Å². The summed E-state index contributed by atoms with van der Waals surface area (Å²) in [5.41, 5.74) is 1.58. The van der Waals surface area contributed by atoms with Crippen LogP contribution >= 0.6 is 23.2 Å². The Morgan fingerprint density at radius 3 is 2.48 bits per heavy atom. The third-order valence-electron chi connectivity index (χ3n) is 3.62. The van der Waals surface area contributed by atoms with Gasteiger partial charge >= 0.3 is 0 Å². The van der Waals surface area contributed by atoms with Gasteiger partial charge in [0.15, 0.2) is 5.96 Å². The van der Waals surface area contributed by atoms with Crippen molar-refractivity contribution in [1.82, 2.24) is 10.2 Å². The van der Waals surface area contributed by atoms with Crippen LogP contribution in [0.3, 0.4) is 0 Å². The molecule has 0 unspecified atom stereocenters. The number of carbonyl (C=O) groups is 1. The number of phenols is 1. The maximum absolute atomic E-state index is 12.1. The van der Waals surface area contributed by atoms with Gasteiger partial charge in [0.05, 0.1) is 10.0 Å². The standard InChI is InChI=1S/C19H22Cl2N4O2/c1-3-22-19(25(2)12-13-4-9-16(20)17(21)10-13)23-11-18(27)24-14-5-7-15(26)8-6-14/h4-10,26H,3,11-12H2,1-2H3,(H,22,23)(H,24,27). The van der Waals surface area contributed by atoms with Crippen molar-refractivity contribution in [2.45, 2.75) is 13.5 Å². The minimum atomic E-state index is -0.251. The largest absolute Gasteiger partial charge is 0.508 e. The molecule has 0 aromatic heterocycles. The van der Waals surface area contributed by atoms with Crippen LogP contribution in [0.25, 0.3) is 0 Å². The van der Waals surface area contributed by atoms with Gasteiger partial charge in [0, 0.05) is 25.8 Å². The van der Waals surface area contributed by atoms with Crippen molar-refractivity contribution in [3.63, 3.8) is 0 Å². The van der Waals surface area contributed by atoms with E-state index in [1.54, 1.807) is 18.2 Å². The molecule has 0 radical (unpaired) electrons. The first-order valence-electron chi connectivity index (χ1n) is 8.41. The number of hydrogen-bond acceptors (Lipinski definition) is 3. The Bertz CT molecular complexity index is 810. The van der Waals surface area contributed by atoms with Crippen LogP contribution in [0.4, 0.5) is 5.69 Å². The van der Waals surface area contributed by atoms with Gasteiger partial charge in [-0.15, -0.1) is 0 Å². The highest BCUT2D eigenvalue weighted by atomic mass is 35.5. The van der Waals surface area contributed by atoms with Crippen LogP contribution < -0.4 is 10.6 Å². The van der Waals surface area contributed by atoms with E-state index in [4.69, 9.17) is 23.2 Å². The Balaban J connectivity index is 2.00. The van der Waals surface area contributed by atoms with Crippen molar-refractivity contribution < 1.29 is 9.90 Å². The minimum absolute atomic E-state index is 0.0328. The van der Waals surface area contributed by atoms with Crippen molar-refractivity contribution in [1.29, 1.82) is 0 Å². The van der Waals surface area contributed by atoms with Gasteiger partial charge in [-0.2, -0.15) is 0 Å². The second kappa shape index (κ2) is 10.0. The lowest BCUT2D eigenvalue weighted by atomic mass is 10.2. The number of nitrogens with zero attached hydrogens (tertiary/aromatic N) is 2. The number of carbonyl (C=O) groups excluding carboxylic acids is 1. The van der Waals surface area contributed by atoms with Crippen LogP contribution in [0.2, 0.25) is 10.0 Å². The summed E-state index contributed by atoms with van der Waals surface area (Å²) in [5, 5.41) is 16.2. The number of hydrogen-bond donors (Lipinski definition) is 3. The molecule has 1 amide bonds. The summed E-state index contributed by atoms with van der Waals surface area (Å²) in [7, 11) is 1.88. The summed E-state index contributed by atoms with van der Waals surface area (Å²) in [6.45, 7) is 3.15. The van der Waals surface area contributed by atoms with Gasteiger partial charge in [0.2, 0.25) is 5.91 Å². The number of benzene rings is 2. The monoisotopic (exact) mass is 408 g/mol. The smallest absolute Gasteiger partial charge is 0.246 e. The molecule has 8 heteroatoms. The fourth-order valence-electron chi connectivity index (χ4n) is 2.35. The van der Waals surface area contributed by atoms with Crippen molar-refractivity contribution in [3.05, 3.63) is 58.1 Å². The van der Waals surface area contributed by atoms with Gasteiger partial charge in [-0.1, -0.05) is 29.3 Å². The highest BCUT2D eigenvalue weighted by Crippen LogP contribution is 2.23. The van der Waals surface area contributed by atoms with Crippen LogP contribution in [0.15, 0.2) is 47.5 Å². The van der Waals surface area contributed by atoms with E-state index in [9.17, 15) is 9.90 Å². The summed E-state index contributed by atoms with van der Waals surface area (Å²) in [5.74, 6) is 0.493. The molecule has 3 N–H and O–H groups in total. The lowest BCUT2D eigenvalue weighted by molar-refractivity contribution is -0.114. The van der Waals surface area contributed by atoms with E-state index in [2.05, 4.69) is 15.6 Å². The Kier molecular flexibility index (Phi) is 7.76. The van der Waals surface area contributed by atoms with Gasteiger partial charge in [-0.25, -0.2) is 4.99 Å². The third kappa shape index (κ3) is 6.66. The normalized spacial score (nSPS) is 11.2. The van der Waals surface area contributed by atoms with E-state index >= 15 is 0 Å². The van der Waals surface area contributed by atoms with Crippen molar-refractivity contribution >= 4 is 40.8 Å². The minimum Gasteiger partial charge on any atom is -0.508 e. The number of halogens is 2. The molecule has 0 spiro atoms. The third-order valence-corrected chi connectivity index (χ3v) is 4.36. The lowest BCUT2D eigenvalue weighted by Crippen LogP contribution is -2.39. The highest BCUT2D eigenvalue weighted by molar-refractivity contribution is 6.42. The quantitative estimate of drug-likeness (QED) is 0.386. The molecule has 144 valence electrons. The van der Waals surface area contributed by atoms with Gasteiger partial charge in [-0.05, 0) is 48.9 Å². The summed E-state index contributed by atoms with van der Waals surface area (Å²) in [6, 6.07) is 11.7.